The zero-order valence-corrected chi connectivity index (χ0v) is 11.4. The molecule has 7 heteroatoms. The van der Waals surface area contributed by atoms with Crippen molar-refractivity contribution in [3.63, 3.8) is 0 Å². The molecule has 0 saturated carbocycles. The highest BCUT2D eigenvalue weighted by Gasteiger charge is 2.22. The lowest BCUT2D eigenvalue weighted by Gasteiger charge is -2.16. The third kappa shape index (κ3) is 2.94. The van der Waals surface area contributed by atoms with E-state index in [-0.39, 0.29) is 5.69 Å². The van der Waals surface area contributed by atoms with Crippen LogP contribution in [0.25, 0.3) is 0 Å². The van der Waals surface area contributed by atoms with E-state index >= 15 is 0 Å². The number of hydrogen-bond acceptors (Lipinski definition) is 5. The van der Waals surface area contributed by atoms with Crippen molar-refractivity contribution in [2.45, 2.75) is 13.0 Å². The van der Waals surface area contributed by atoms with Gasteiger partial charge in [0.15, 0.2) is 6.04 Å². The summed E-state index contributed by atoms with van der Waals surface area (Å²) in [6.45, 7) is 1.76. The van der Waals surface area contributed by atoms with Crippen molar-refractivity contribution in [3.8, 4) is 0 Å². The molecule has 1 aromatic heterocycles. The number of benzene rings is 1. The highest BCUT2D eigenvalue weighted by Crippen LogP contribution is 2.28. The summed E-state index contributed by atoms with van der Waals surface area (Å²) in [4.78, 5) is 22.3. The van der Waals surface area contributed by atoms with Gasteiger partial charge >= 0.3 is 5.97 Å². The molecule has 0 saturated heterocycles. The number of rotatable bonds is 5. The molecule has 0 spiro atoms. The average molecular weight is 292 g/mol. The fourth-order valence-electron chi connectivity index (χ4n) is 1.74. The molecule has 104 valence electrons. The summed E-state index contributed by atoms with van der Waals surface area (Å²) in [7, 11) is 0. The minimum Gasteiger partial charge on any atom is -0.479 e. The van der Waals surface area contributed by atoms with Crippen LogP contribution in [0.3, 0.4) is 0 Å². The fraction of sp³-hybridized carbons (Fsp3) is 0.154. The van der Waals surface area contributed by atoms with Gasteiger partial charge in [-0.05, 0) is 23.9 Å². The molecule has 2 N–H and O–H groups in total. The van der Waals surface area contributed by atoms with Crippen molar-refractivity contribution in [2.24, 2.45) is 0 Å². The number of carboxylic acids is 1. The number of carbonyl (C=O) groups is 1. The lowest BCUT2D eigenvalue weighted by Crippen LogP contribution is -2.20. The first-order chi connectivity index (χ1) is 9.49. The summed E-state index contributed by atoms with van der Waals surface area (Å²) in [5.41, 5.74) is 1.12. The molecule has 0 aliphatic heterocycles. The summed E-state index contributed by atoms with van der Waals surface area (Å²) >= 11 is 1.32. The number of aryl methyl sites for hydroxylation is 1. The molecule has 0 radical (unpaired) electrons. The smallest absolute Gasteiger partial charge is 0.331 e. The Balaban J connectivity index is 2.34. The SMILES string of the molecule is Cc1ccc([N+](=O)[O-])cc1NC(C(=O)O)c1cccs1. The maximum absolute atomic E-state index is 11.3. The zero-order chi connectivity index (χ0) is 14.7. The summed E-state index contributed by atoms with van der Waals surface area (Å²) in [5.74, 6) is -1.03. The van der Waals surface area contributed by atoms with Crippen molar-refractivity contribution in [3.05, 3.63) is 56.3 Å². The van der Waals surface area contributed by atoms with Crippen LogP contribution in [0.5, 0.6) is 0 Å². The third-order valence-corrected chi connectivity index (χ3v) is 3.74. The Labute approximate surface area is 118 Å². The molecule has 1 heterocycles. The van der Waals surface area contributed by atoms with Gasteiger partial charge in [-0.3, -0.25) is 10.1 Å². The summed E-state index contributed by atoms with van der Waals surface area (Å²) < 4.78 is 0. The molecule has 1 unspecified atom stereocenters. The van der Waals surface area contributed by atoms with Gasteiger partial charge in [-0.15, -0.1) is 11.3 Å². The summed E-state index contributed by atoms with van der Waals surface area (Å²) in [6, 6.07) is 6.88. The molecule has 0 amide bonds. The predicted molar refractivity (Wildman–Crippen MR) is 76.2 cm³/mol. The maximum Gasteiger partial charge on any atom is 0.331 e. The van der Waals surface area contributed by atoms with Gasteiger partial charge in [0.1, 0.15) is 0 Å². The van der Waals surface area contributed by atoms with Gasteiger partial charge in [0.05, 0.1) is 4.92 Å². The number of aliphatic carboxylic acids is 1. The van der Waals surface area contributed by atoms with E-state index in [0.717, 1.165) is 5.56 Å². The van der Waals surface area contributed by atoms with Crippen molar-refractivity contribution in [1.82, 2.24) is 0 Å². The Kier molecular flexibility index (Phi) is 3.99. The Morgan fingerprint density at radius 1 is 1.45 bits per heavy atom. The molecule has 6 nitrogen and oxygen atoms in total. The van der Waals surface area contributed by atoms with E-state index in [9.17, 15) is 20.0 Å². The van der Waals surface area contributed by atoms with Crippen LogP contribution in [-0.2, 0) is 4.79 Å². The molecule has 0 fully saturated rings. The second-order valence-electron chi connectivity index (χ2n) is 4.19. The Morgan fingerprint density at radius 2 is 2.20 bits per heavy atom. The fourth-order valence-corrected chi connectivity index (χ4v) is 2.51. The molecule has 2 aromatic rings. The number of thiophene rings is 1. The van der Waals surface area contributed by atoms with Gasteiger partial charge in [0, 0.05) is 22.7 Å². The number of anilines is 1. The second-order valence-corrected chi connectivity index (χ2v) is 5.17. The monoisotopic (exact) mass is 292 g/mol. The highest BCUT2D eigenvalue weighted by atomic mass is 32.1. The van der Waals surface area contributed by atoms with Gasteiger partial charge in [-0.2, -0.15) is 0 Å². The number of nitro groups is 1. The van der Waals surface area contributed by atoms with Crippen molar-refractivity contribution in [1.29, 1.82) is 0 Å². The van der Waals surface area contributed by atoms with Crippen molar-refractivity contribution in [2.75, 3.05) is 5.32 Å². The Hall–Kier alpha value is -2.41. The molecule has 0 bridgehead atoms. The van der Waals surface area contributed by atoms with Gasteiger partial charge in [-0.25, -0.2) is 4.79 Å². The van der Waals surface area contributed by atoms with Crippen molar-refractivity contribution < 1.29 is 14.8 Å². The summed E-state index contributed by atoms with van der Waals surface area (Å²) in [5, 5.41) is 24.7. The van der Waals surface area contributed by atoms with E-state index in [0.29, 0.717) is 10.6 Å². The van der Waals surface area contributed by atoms with E-state index in [1.807, 2.05) is 0 Å². The van der Waals surface area contributed by atoms with E-state index < -0.39 is 16.9 Å². The largest absolute Gasteiger partial charge is 0.479 e. The minimum atomic E-state index is -1.03. The second kappa shape index (κ2) is 5.70. The topological polar surface area (TPSA) is 92.5 Å². The quantitative estimate of drug-likeness (QED) is 0.652. The standard InChI is InChI=1S/C13H12N2O4S/c1-8-4-5-9(15(18)19)7-10(8)14-12(13(16)17)11-3-2-6-20-11/h2-7,12,14H,1H3,(H,16,17). The molecule has 2 rings (SSSR count). The van der Waals surface area contributed by atoms with Crippen LogP contribution >= 0.6 is 11.3 Å². The predicted octanol–water partition coefficient (Wildman–Crippen LogP) is 3.20. The first-order valence-electron chi connectivity index (χ1n) is 5.77. The van der Waals surface area contributed by atoms with Crippen LogP contribution in [0.1, 0.15) is 16.5 Å². The number of hydrogen-bond donors (Lipinski definition) is 2. The lowest BCUT2D eigenvalue weighted by molar-refractivity contribution is -0.384. The van der Waals surface area contributed by atoms with E-state index in [1.54, 1.807) is 30.5 Å². The maximum atomic E-state index is 11.3. The minimum absolute atomic E-state index is 0.0755. The molecular weight excluding hydrogens is 280 g/mol. The Bertz CT molecular complexity index is 640. The van der Waals surface area contributed by atoms with Gasteiger partial charge < -0.3 is 10.4 Å². The number of non-ortho nitro benzene ring substituents is 1. The van der Waals surface area contributed by atoms with E-state index in [2.05, 4.69) is 5.32 Å². The number of nitrogens with zero attached hydrogens (tertiary/aromatic N) is 1. The molecular formula is C13H12N2O4S. The van der Waals surface area contributed by atoms with Crippen LogP contribution in [0.4, 0.5) is 11.4 Å². The molecule has 1 aromatic carbocycles. The average Bonchev–Trinajstić information content (AvgIpc) is 2.90. The lowest BCUT2D eigenvalue weighted by atomic mass is 10.1. The molecule has 1 atom stereocenters. The van der Waals surface area contributed by atoms with Crippen LogP contribution < -0.4 is 5.32 Å². The van der Waals surface area contributed by atoms with Crippen molar-refractivity contribution >= 4 is 28.7 Å². The Morgan fingerprint density at radius 3 is 2.75 bits per heavy atom. The van der Waals surface area contributed by atoms with Crippen LogP contribution in [0, 0.1) is 17.0 Å². The van der Waals surface area contributed by atoms with E-state index in [1.165, 1.54) is 23.5 Å². The molecule has 0 aliphatic carbocycles. The van der Waals surface area contributed by atoms with Crippen LogP contribution in [0.15, 0.2) is 35.7 Å². The van der Waals surface area contributed by atoms with Gasteiger partial charge in [-0.1, -0.05) is 12.1 Å². The molecule has 20 heavy (non-hydrogen) atoms. The number of nitrogens with one attached hydrogen (secondary N) is 1. The number of carboxylic acid groups (broad SMARTS) is 1. The first kappa shape index (κ1) is 14.0. The van der Waals surface area contributed by atoms with Crippen LogP contribution in [-0.4, -0.2) is 16.0 Å². The summed E-state index contributed by atoms with van der Waals surface area (Å²) in [6.07, 6.45) is 0. The van der Waals surface area contributed by atoms with Gasteiger partial charge in [0.25, 0.3) is 5.69 Å². The molecule has 0 aliphatic rings. The zero-order valence-electron chi connectivity index (χ0n) is 10.6. The third-order valence-electron chi connectivity index (χ3n) is 2.81. The van der Waals surface area contributed by atoms with Crippen LogP contribution in [0.2, 0.25) is 0 Å². The highest BCUT2D eigenvalue weighted by molar-refractivity contribution is 7.10. The normalized spacial score (nSPS) is 11.8. The first-order valence-corrected chi connectivity index (χ1v) is 6.65. The number of nitro benzene ring substituents is 1. The van der Waals surface area contributed by atoms with E-state index in [4.69, 9.17) is 0 Å². The van der Waals surface area contributed by atoms with Gasteiger partial charge in [0.2, 0.25) is 0 Å².